The van der Waals surface area contributed by atoms with Gasteiger partial charge in [0.1, 0.15) is 0 Å². The maximum absolute atomic E-state index is 12.7. The second kappa shape index (κ2) is 5.16. The summed E-state index contributed by atoms with van der Waals surface area (Å²) in [6.45, 7) is 7.05. The maximum Gasteiger partial charge on any atom is 0.253 e. The molecular formula is C19H24N4O. The van der Waals surface area contributed by atoms with Crippen LogP contribution in [0.1, 0.15) is 50.4 Å². The lowest BCUT2D eigenvalue weighted by Gasteiger charge is -2.39. The van der Waals surface area contributed by atoms with Crippen molar-refractivity contribution in [3.05, 3.63) is 42.4 Å². The van der Waals surface area contributed by atoms with E-state index in [0.29, 0.717) is 22.7 Å². The van der Waals surface area contributed by atoms with Crippen molar-refractivity contribution in [3.63, 3.8) is 0 Å². The summed E-state index contributed by atoms with van der Waals surface area (Å²) in [5.74, 6) is 1.40. The van der Waals surface area contributed by atoms with Gasteiger partial charge in [-0.1, -0.05) is 20.8 Å². The van der Waals surface area contributed by atoms with E-state index in [4.69, 9.17) is 0 Å². The molecule has 2 bridgehead atoms. The normalized spacial score (nSPS) is 30.5. The molecule has 5 heteroatoms. The molecule has 2 saturated carbocycles. The Labute approximate surface area is 142 Å². The zero-order chi connectivity index (χ0) is 16.9. The average Bonchev–Trinajstić information content (AvgIpc) is 3.22. The monoisotopic (exact) mass is 324 g/mol. The van der Waals surface area contributed by atoms with Crippen LogP contribution in [0.2, 0.25) is 0 Å². The third kappa shape index (κ3) is 2.10. The Morgan fingerprint density at radius 2 is 2.17 bits per heavy atom. The van der Waals surface area contributed by atoms with Crippen LogP contribution in [0, 0.1) is 16.7 Å². The van der Waals surface area contributed by atoms with Crippen LogP contribution in [-0.2, 0) is 0 Å². The molecule has 5 nitrogen and oxygen atoms in total. The van der Waals surface area contributed by atoms with E-state index < -0.39 is 0 Å². The number of rotatable bonds is 3. The van der Waals surface area contributed by atoms with Crippen LogP contribution < -0.4 is 5.32 Å². The van der Waals surface area contributed by atoms with Crippen LogP contribution >= 0.6 is 0 Å². The number of hydrogen-bond acceptors (Lipinski definition) is 3. The lowest BCUT2D eigenvalue weighted by atomic mass is 9.69. The molecule has 0 aliphatic heterocycles. The summed E-state index contributed by atoms with van der Waals surface area (Å²) in [6, 6.07) is 5.75. The first kappa shape index (κ1) is 15.4. The number of hydrogen-bond donors (Lipinski definition) is 1. The Kier molecular flexibility index (Phi) is 3.31. The largest absolute Gasteiger partial charge is 0.349 e. The summed E-state index contributed by atoms with van der Waals surface area (Å²) >= 11 is 0. The van der Waals surface area contributed by atoms with Crippen molar-refractivity contribution < 1.29 is 4.79 Å². The van der Waals surface area contributed by atoms with Crippen LogP contribution in [0.5, 0.6) is 0 Å². The first-order valence-electron chi connectivity index (χ1n) is 8.69. The second-order valence-corrected chi connectivity index (χ2v) is 7.99. The van der Waals surface area contributed by atoms with Gasteiger partial charge in [0.05, 0.1) is 5.56 Å². The predicted octanol–water partition coefficient (Wildman–Crippen LogP) is 3.21. The fraction of sp³-hybridized carbons (Fsp3) is 0.526. The van der Waals surface area contributed by atoms with Crippen LogP contribution in [-0.4, -0.2) is 26.7 Å². The number of fused-ring (bicyclic) bond motifs is 2. The molecule has 2 fully saturated rings. The van der Waals surface area contributed by atoms with E-state index in [1.54, 1.807) is 17.1 Å². The van der Waals surface area contributed by atoms with E-state index in [0.717, 1.165) is 6.42 Å². The van der Waals surface area contributed by atoms with Crippen molar-refractivity contribution in [2.45, 2.75) is 46.1 Å². The zero-order valence-corrected chi connectivity index (χ0v) is 14.5. The van der Waals surface area contributed by atoms with Gasteiger partial charge in [-0.2, -0.15) is 5.10 Å². The number of pyridine rings is 1. The molecule has 1 N–H and O–H groups in total. The fourth-order valence-electron chi connectivity index (χ4n) is 4.72. The Morgan fingerprint density at radius 3 is 2.71 bits per heavy atom. The minimum Gasteiger partial charge on any atom is -0.349 e. The number of amides is 1. The minimum atomic E-state index is -0.0240. The molecule has 1 amide bonds. The summed E-state index contributed by atoms with van der Waals surface area (Å²) in [4.78, 5) is 17.0. The molecule has 0 spiro atoms. The highest BCUT2D eigenvalue weighted by atomic mass is 16.1. The lowest BCUT2D eigenvalue weighted by Crippen LogP contribution is -2.46. The van der Waals surface area contributed by atoms with Gasteiger partial charge in [-0.3, -0.25) is 4.79 Å². The molecule has 0 unspecified atom stereocenters. The molecule has 0 radical (unpaired) electrons. The third-order valence-corrected chi connectivity index (χ3v) is 6.85. The van der Waals surface area contributed by atoms with Crippen molar-refractivity contribution in [2.24, 2.45) is 16.7 Å². The quantitative estimate of drug-likeness (QED) is 0.943. The molecule has 126 valence electrons. The van der Waals surface area contributed by atoms with Gasteiger partial charge in [0.15, 0.2) is 5.82 Å². The third-order valence-electron chi connectivity index (χ3n) is 6.85. The highest BCUT2D eigenvalue weighted by molar-refractivity contribution is 5.94. The van der Waals surface area contributed by atoms with Crippen molar-refractivity contribution in [1.29, 1.82) is 0 Å². The smallest absolute Gasteiger partial charge is 0.253 e. The maximum atomic E-state index is 12.7. The van der Waals surface area contributed by atoms with Crippen LogP contribution in [0.15, 0.2) is 36.8 Å². The average molecular weight is 324 g/mol. The van der Waals surface area contributed by atoms with Crippen LogP contribution in [0.25, 0.3) is 5.82 Å². The van der Waals surface area contributed by atoms with Gasteiger partial charge in [-0.05, 0) is 54.2 Å². The Bertz CT molecular complexity index is 750. The van der Waals surface area contributed by atoms with Gasteiger partial charge < -0.3 is 5.32 Å². The number of carbonyl (C=O) groups excluding carboxylic acids is 1. The van der Waals surface area contributed by atoms with Crippen LogP contribution in [0.3, 0.4) is 0 Å². The lowest BCUT2D eigenvalue weighted by molar-refractivity contribution is 0.0826. The Morgan fingerprint density at radius 1 is 1.33 bits per heavy atom. The first-order valence-corrected chi connectivity index (χ1v) is 8.69. The van der Waals surface area contributed by atoms with Crippen molar-refractivity contribution >= 4 is 5.91 Å². The van der Waals surface area contributed by atoms with Gasteiger partial charge in [0.25, 0.3) is 5.91 Å². The van der Waals surface area contributed by atoms with E-state index in [-0.39, 0.29) is 17.4 Å². The number of nitrogens with zero attached hydrogens (tertiary/aromatic N) is 3. The van der Waals surface area contributed by atoms with Gasteiger partial charge in [-0.15, -0.1) is 0 Å². The highest BCUT2D eigenvalue weighted by Gasteiger charge is 2.61. The van der Waals surface area contributed by atoms with Crippen molar-refractivity contribution in [2.75, 3.05) is 0 Å². The van der Waals surface area contributed by atoms with E-state index >= 15 is 0 Å². The standard InChI is InChI=1S/C19H24N4O/c1-18(2)14-7-8-19(18,3)15(11-14)22-17(24)13-5-6-16(20-12-13)23-10-4-9-21-23/h4-6,9-10,12,14-15H,7-8,11H2,1-3H3,(H,22,24)/t14-,15-,19-/m0/s1. The van der Waals surface area contributed by atoms with E-state index in [2.05, 4.69) is 36.2 Å². The summed E-state index contributed by atoms with van der Waals surface area (Å²) in [6.07, 6.45) is 8.75. The molecule has 2 aromatic heterocycles. The molecule has 0 aromatic carbocycles. The van der Waals surface area contributed by atoms with E-state index in [1.807, 2.05) is 24.4 Å². The molecule has 24 heavy (non-hydrogen) atoms. The predicted molar refractivity (Wildman–Crippen MR) is 91.8 cm³/mol. The number of aromatic nitrogens is 3. The summed E-state index contributed by atoms with van der Waals surface area (Å²) in [5, 5.41) is 7.42. The molecule has 2 aliphatic carbocycles. The highest BCUT2D eigenvalue weighted by Crippen LogP contribution is 2.65. The minimum absolute atomic E-state index is 0.0240. The summed E-state index contributed by atoms with van der Waals surface area (Å²) in [7, 11) is 0. The molecule has 2 heterocycles. The Balaban J connectivity index is 1.49. The molecular weight excluding hydrogens is 300 g/mol. The SMILES string of the molecule is CC1(C)[C@H]2CC[C@@]1(C)[C@@H](NC(=O)c1ccc(-n3cccn3)nc1)C2. The van der Waals surface area contributed by atoms with E-state index in [9.17, 15) is 4.79 Å². The van der Waals surface area contributed by atoms with Gasteiger partial charge in [0, 0.05) is 24.6 Å². The summed E-state index contributed by atoms with van der Waals surface area (Å²) < 4.78 is 1.68. The molecule has 2 aliphatic rings. The first-order chi connectivity index (χ1) is 11.4. The molecule has 4 rings (SSSR count). The van der Waals surface area contributed by atoms with Crippen LogP contribution in [0.4, 0.5) is 0 Å². The number of carbonyl (C=O) groups is 1. The fourth-order valence-corrected chi connectivity index (χ4v) is 4.72. The molecule has 0 saturated heterocycles. The topological polar surface area (TPSA) is 59.8 Å². The second-order valence-electron chi connectivity index (χ2n) is 7.99. The number of nitrogens with one attached hydrogen (secondary N) is 1. The zero-order valence-electron chi connectivity index (χ0n) is 14.5. The van der Waals surface area contributed by atoms with Gasteiger partial charge in [-0.25, -0.2) is 9.67 Å². The van der Waals surface area contributed by atoms with Crippen molar-refractivity contribution in [1.82, 2.24) is 20.1 Å². The summed E-state index contributed by atoms with van der Waals surface area (Å²) in [5.41, 5.74) is 1.10. The van der Waals surface area contributed by atoms with Gasteiger partial charge in [0.2, 0.25) is 0 Å². The Hall–Kier alpha value is -2.17. The molecule has 2 aromatic rings. The van der Waals surface area contributed by atoms with Crippen molar-refractivity contribution in [3.8, 4) is 5.82 Å². The van der Waals surface area contributed by atoms with Gasteiger partial charge >= 0.3 is 0 Å². The molecule has 3 atom stereocenters. The van der Waals surface area contributed by atoms with E-state index in [1.165, 1.54) is 12.8 Å².